The Balaban J connectivity index is 1.24. The first-order chi connectivity index (χ1) is 18.7. The highest BCUT2D eigenvalue weighted by molar-refractivity contribution is 7.89. The van der Waals surface area contributed by atoms with Crippen molar-refractivity contribution in [1.82, 2.24) is 19.3 Å². The molecule has 12 heteroatoms. The lowest BCUT2D eigenvalue weighted by molar-refractivity contribution is 0.0612. The summed E-state index contributed by atoms with van der Waals surface area (Å²) in [4.78, 5) is 17.5. The molecule has 2 N–H and O–H groups in total. The summed E-state index contributed by atoms with van der Waals surface area (Å²) in [5.74, 6) is 2.14. The third-order valence-corrected chi connectivity index (χ3v) is 9.97. The maximum Gasteiger partial charge on any atom is 0.227 e. The number of benzene rings is 1. The van der Waals surface area contributed by atoms with Crippen molar-refractivity contribution < 1.29 is 17.9 Å². The molecule has 3 aliphatic rings. The van der Waals surface area contributed by atoms with E-state index in [0.29, 0.717) is 62.5 Å². The summed E-state index contributed by atoms with van der Waals surface area (Å²) >= 11 is 0. The minimum absolute atomic E-state index is 0.0222. The fraction of sp³-hybridized carbons (Fsp3) is 0.519. The maximum atomic E-state index is 14.1. The third-order valence-electron chi connectivity index (χ3n) is 7.97. The van der Waals surface area contributed by atoms with Crippen LogP contribution < -0.4 is 15.1 Å². The Morgan fingerprint density at radius 1 is 1.05 bits per heavy atom. The molecule has 208 valence electrons. The van der Waals surface area contributed by atoms with Crippen LogP contribution in [0.15, 0.2) is 36.7 Å². The highest BCUT2D eigenvalue weighted by atomic mass is 32.2. The molecule has 3 fully saturated rings. The molecule has 39 heavy (non-hydrogen) atoms. The van der Waals surface area contributed by atoms with Crippen LogP contribution >= 0.6 is 0 Å². The number of piperidine rings is 1. The second-order valence-corrected chi connectivity index (χ2v) is 13.0. The predicted molar refractivity (Wildman–Crippen MR) is 150 cm³/mol. The topological polar surface area (TPSA) is 115 Å². The fourth-order valence-electron chi connectivity index (χ4n) is 5.77. The molecule has 5 heterocycles. The molecular formula is C27H34FN7O3S. The molecule has 10 nitrogen and oxygen atoms in total. The largest absolute Gasteiger partial charge is 0.390 e. The lowest BCUT2D eigenvalue weighted by Gasteiger charge is -2.45. The maximum absolute atomic E-state index is 14.1. The van der Waals surface area contributed by atoms with Gasteiger partial charge in [0.15, 0.2) is 0 Å². The van der Waals surface area contributed by atoms with Crippen LogP contribution in [0.2, 0.25) is 0 Å². The molecule has 2 atom stereocenters. The highest BCUT2D eigenvalue weighted by Gasteiger charge is 2.41. The molecule has 0 aliphatic carbocycles. The van der Waals surface area contributed by atoms with E-state index in [9.17, 15) is 17.9 Å². The van der Waals surface area contributed by atoms with Crippen molar-refractivity contribution >= 4 is 44.1 Å². The molecular weight excluding hydrogens is 521 g/mol. The molecule has 3 saturated heterocycles. The molecule has 0 spiro atoms. The zero-order valence-electron chi connectivity index (χ0n) is 22.2. The summed E-state index contributed by atoms with van der Waals surface area (Å²) in [6.45, 7) is 6.82. The van der Waals surface area contributed by atoms with E-state index < -0.39 is 22.3 Å². The number of sulfonamides is 1. The number of hydrogen-bond donors (Lipinski definition) is 2. The Hall–Kier alpha value is -3.09. The van der Waals surface area contributed by atoms with Gasteiger partial charge in [-0.3, -0.25) is 0 Å². The van der Waals surface area contributed by atoms with Gasteiger partial charge in [0.25, 0.3) is 0 Å². The number of rotatable bonds is 6. The van der Waals surface area contributed by atoms with E-state index in [-0.39, 0.29) is 18.3 Å². The molecule has 6 rings (SSSR count). The lowest BCUT2D eigenvalue weighted by Crippen LogP contribution is -2.59. The second-order valence-electron chi connectivity index (χ2n) is 11.0. The average molecular weight is 556 g/mol. The van der Waals surface area contributed by atoms with Crippen molar-refractivity contribution in [3.8, 4) is 0 Å². The SMILES string of the molecule is CC(C)c1ccc(N2CC(N3CCCS3(=O)=O)C2)c2cnc(Nc3ccnc(N4CCC(O)C(F)C4)n3)cc12. The molecule has 3 aromatic rings. The first kappa shape index (κ1) is 26.1. The lowest BCUT2D eigenvalue weighted by atomic mass is 9.94. The Morgan fingerprint density at radius 2 is 1.87 bits per heavy atom. The smallest absolute Gasteiger partial charge is 0.227 e. The molecule has 1 aromatic carbocycles. The van der Waals surface area contributed by atoms with E-state index in [0.717, 1.165) is 16.5 Å². The minimum atomic E-state index is -3.12. The summed E-state index contributed by atoms with van der Waals surface area (Å²) in [6, 6.07) is 8.05. The second kappa shape index (κ2) is 10.1. The monoisotopic (exact) mass is 555 g/mol. The summed E-state index contributed by atoms with van der Waals surface area (Å²) in [5, 5.41) is 15.1. The summed E-state index contributed by atoms with van der Waals surface area (Å²) < 4.78 is 40.4. The molecule has 0 radical (unpaired) electrons. The number of nitrogens with zero attached hydrogens (tertiary/aromatic N) is 6. The summed E-state index contributed by atoms with van der Waals surface area (Å²) in [5.41, 5.74) is 2.25. The number of alkyl halides is 1. The van der Waals surface area contributed by atoms with E-state index in [1.165, 1.54) is 5.56 Å². The first-order valence-corrected chi connectivity index (χ1v) is 15.1. The van der Waals surface area contributed by atoms with Gasteiger partial charge in [-0.25, -0.2) is 22.8 Å². The van der Waals surface area contributed by atoms with Crippen LogP contribution in [0.25, 0.3) is 10.8 Å². The van der Waals surface area contributed by atoms with Crippen molar-refractivity contribution in [2.75, 3.05) is 53.6 Å². The number of pyridine rings is 1. The zero-order valence-corrected chi connectivity index (χ0v) is 23.0. The van der Waals surface area contributed by atoms with Crippen LogP contribution in [-0.4, -0.2) is 89.6 Å². The Bertz CT molecular complexity index is 1480. The van der Waals surface area contributed by atoms with Crippen molar-refractivity contribution in [1.29, 1.82) is 0 Å². The minimum Gasteiger partial charge on any atom is -0.390 e. The highest BCUT2D eigenvalue weighted by Crippen LogP contribution is 2.37. The van der Waals surface area contributed by atoms with E-state index in [1.807, 2.05) is 12.3 Å². The Labute approximate surface area is 227 Å². The number of nitrogens with one attached hydrogen (secondary N) is 1. The number of halogens is 1. The van der Waals surface area contributed by atoms with Crippen LogP contribution in [0.1, 0.15) is 38.2 Å². The Kier molecular flexibility index (Phi) is 6.80. The van der Waals surface area contributed by atoms with Gasteiger partial charge in [0.05, 0.1) is 24.4 Å². The van der Waals surface area contributed by atoms with Crippen LogP contribution in [0.4, 0.5) is 27.7 Å². The van der Waals surface area contributed by atoms with Crippen LogP contribution in [0.5, 0.6) is 0 Å². The third kappa shape index (κ3) is 5.01. The number of aliphatic hydroxyl groups excluding tert-OH is 1. The van der Waals surface area contributed by atoms with E-state index in [2.05, 4.69) is 51.1 Å². The number of aromatic nitrogens is 3. The summed E-state index contributed by atoms with van der Waals surface area (Å²) in [7, 11) is -3.12. The van der Waals surface area contributed by atoms with Gasteiger partial charge >= 0.3 is 0 Å². The van der Waals surface area contributed by atoms with Gasteiger partial charge < -0.3 is 20.2 Å². The molecule has 2 aromatic heterocycles. The molecule has 3 aliphatic heterocycles. The number of fused-ring (bicyclic) bond motifs is 1. The standard InChI is InChI=1S/C27H34FN7O3S/c1-17(2)19-4-5-23(34-14-18(15-34)35-9-3-11-39(35,37)38)21-13-30-26(12-20(19)21)31-25-6-8-29-27(32-25)33-10-7-24(36)22(28)16-33/h4-6,8,12-13,17-18,22,24,36H,3,7,9-11,14-16H2,1-2H3,(H,29,30,31,32). The number of anilines is 4. The zero-order chi connectivity index (χ0) is 27.3. The van der Waals surface area contributed by atoms with Gasteiger partial charge in [-0.2, -0.15) is 9.29 Å². The first-order valence-electron chi connectivity index (χ1n) is 13.5. The number of hydrogen-bond acceptors (Lipinski definition) is 9. The van der Waals surface area contributed by atoms with Gasteiger partial charge in [-0.15, -0.1) is 0 Å². The van der Waals surface area contributed by atoms with Gasteiger partial charge in [-0.1, -0.05) is 19.9 Å². The van der Waals surface area contributed by atoms with Gasteiger partial charge in [-0.05, 0) is 47.9 Å². The number of aliphatic hydroxyl groups is 1. The van der Waals surface area contributed by atoms with Gasteiger partial charge in [0.1, 0.15) is 17.8 Å². The van der Waals surface area contributed by atoms with Crippen LogP contribution in [-0.2, 0) is 10.0 Å². The van der Waals surface area contributed by atoms with Crippen molar-refractivity contribution in [3.05, 3.63) is 42.2 Å². The molecule has 0 saturated carbocycles. The molecule has 2 unspecified atom stereocenters. The van der Waals surface area contributed by atoms with Gasteiger partial charge in [0, 0.05) is 49.6 Å². The van der Waals surface area contributed by atoms with Crippen LogP contribution in [0.3, 0.4) is 0 Å². The van der Waals surface area contributed by atoms with E-state index in [4.69, 9.17) is 0 Å². The van der Waals surface area contributed by atoms with Crippen molar-refractivity contribution in [3.63, 3.8) is 0 Å². The Morgan fingerprint density at radius 3 is 2.59 bits per heavy atom. The van der Waals surface area contributed by atoms with E-state index in [1.54, 1.807) is 21.5 Å². The molecule has 0 bridgehead atoms. The predicted octanol–water partition coefficient (Wildman–Crippen LogP) is 3.03. The quantitative estimate of drug-likeness (QED) is 0.474. The van der Waals surface area contributed by atoms with Crippen molar-refractivity contribution in [2.45, 2.75) is 50.9 Å². The van der Waals surface area contributed by atoms with Crippen molar-refractivity contribution in [2.24, 2.45) is 0 Å². The molecule has 0 amide bonds. The fourth-order valence-corrected chi connectivity index (χ4v) is 7.50. The average Bonchev–Trinajstić information content (AvgIpc) is 3.23. The van der Waals surface area contributed by atoms with E-state index >= 15 is 0 Å². The normalized spacial score (nSPS) is 23.9. The van der Waals surface area contributed by atoms with Crippen LogP contribution in [0, 0.1) is 0 Å². The van der Waals surface area contributed by atoms with Gasteiger partial charge in [0.2, 0.25) is 16.0 Å². The summed E-state index contributed by atoms with van der Waals surface area (Å²) in [6.07, 6.45) is 2.25.